The van der Waals surface area contributed by atoms with Gasteiger partial charge in [0.2, 0.25) is 0 Å². The van der Waals surface area contributed by atoms with Crippen molar-refractivity contribution in [2.45, 2.75) is 96.2 Å². The molecule has 1 aliphatic rings. The van der Waals surface area contributed by atoms with Gasteiger partial charge in [0.25, 0.3) is 0 Å². The van der Waals surface area contributed by atoms with Gasteiger partial charge in [0, 0.05) is 13.5 Å². The van der Waals surface area contributed by atoms with E-state index in [4.69, 9.17) is 18.9 Å². The third-order valence-electron chi connectivity index (χ3n) is 6.39. The SMILES string of the molecule is CCCC(O)CO[C@@H]1[C@@H](N(C)C(=O)OC(C)(C)C)[C@H](OCc2ccccc2)C[C@@H]1OCc1ccccc1. The van der Waals surface area contributed by atoms with Crippen LogP contribution in [0.15, 0.2) is 60.7 Å². The molecular weight excluding hydrogens is 470 g/mol. The Bertz CT molecular complexity index is 932. The predicted octanol–water partition coefficient (Wildman–Crippen LogP) is 5.34. The first-order valence-electron chi connectivity index (χ1n) is 13.2. The van der Waals surface area contributed by atoms with Crippen LogP contribution in [0.25, 0.3) is 0 Å². The quantitative estimate of drug-likeness (QED) is 0.413. The van der Waals surface area contributed by atoms with Crippen LogP contribution in [0.4, 0.5) is 4.79 Å². The Kier molecular flexibility index (Phi) is 10.9. The molecule has 1 aliphatic carbocycles. The van der Waals surface area contributed by atoms with Crippen molar-refractivity contribution in [1.82, 2.24) is 4.90 Å². The molecule has 5 atom stereocenters. The second-order valence-electron chi connectivity index (χ2n) is 10.7. The number of ether oxygens (including phenoxy) is 4. The summed E-state index contributed by atoms with van der Waals surface area (Å²) in [4.78, 5) is 14.7. The summed E-state index contributed by atoms with van der Waals surface area (Å²) >= 11 is 0. The number of carbonyl (C=O) groups excluding carboxylic acids is 1. The molecule has 1 amide bonds. The first kappa shape index (κ1) is 29.1. The van der Waals surface area contributed by atoms with E-state index in [0.717, 1.165) is 17.5 Å². The van der Waals surface area contributed by atoms with Crippen molar-refractivity contribution in [3.8, 4) is 0 Å². The van der Waals surface area contributed by atoms with Crippen molar-refractivity contribution in [2.75, 3.05) is 13.7 Å². The minimum absolute atomic E-state index is 0.160. The summed E-state index contributed by atoms with van der Waals surface area (Å²) in [6, 6.07) is 19.5. The van der Waals surface area contributed by atoms with Gasteiger partial charge in [-0.25, -0.2) is 4.79 Å². The van der Waals surface area contributed by atoms with Gasteiger partial charge in [-0.2, -0.15) is 0 Å². The fourth-order valence-corrected chi connectivity index (χ4v) is 4.59. The minimum atomic E-state index is -0.638. The molecule has 0 aliphatic heterocycles. The van der Waals surface area contributed by atoms with Gasteiger partial charge in [0.05, 0.1) is 44.2 Å². The monoisotopic (exact) mass is 513 g/mol. The Morgan fingerprint density at radius 2 is 1.49 bits per heavy atom. The van der Waals surface area contributed by atoms with E-state index >= 15 is 0 Å². The summed E-state index contributed by atoms with van der Waals surface area (Å²) in [6.45, 7) is 8.54. The van der Waals surface area contributed by atoms with Crippen molar-refractivity contribution < 1.29 is 28.8 Å². The maximum Gasteiger partial charge on any atom is 0.410 e. The van der Waals surface area contributed by atoms with E-state index in [2.05, 4.69) is 0 Å². The zero-order chi connectivity index (χ0) is 26.8. The van der Waals surface area contributed by atoms with Crippen molar-refractivity contribution in [2.24, 2.45) is 0 Å². The third kappa shape index (κ3) is 9.11. The lowest BCUT2D eigenvalue weighted by molar-refractivity contribution is -0.106. The maximum atomic E-state index is 13.1. The lowest BCUT2D eigenvalue weighted by Gasteiger charge is -2.35. The predicted molar refractivity (Wildman–Crippen MR) is 143 cm³/mol. The molecular formula is C30H43NO6. The van der Waals surface area contributed by atoms with Crippen molar-refractivity contribution in [3.63, 3.8) is 0 Å². The first-order valence-corrected chi connectivity index (χ1v) is 13.2. The largest absolute Gasteiger partial charge is 0.444 e. The number of likely N-dealkylation sites (N-methyl/N-ethyl adjacent to an activating group) is 1. The molecule has 2 aromatic carbocycles. The van der Waals surface area contributed by atoms with Crippen LogP contribution in [0.1, 0.15) is 58.1 Å². The molecule has 0 aromatic heterocycles. The zero-order valence-electron chi connectivity index (χ0n) is 22.8. The van der Waals surface area contributed by atoms with Gasteiger partial charge in [0.15, 0.2) is 0 Å². The van der Waals surface area contributed by atoms with E-state index in [9.17, 15) is 9.90 Å². The molecule has 0 bridgehead atoms. The Balaban J connectivity index is 1.83. The highest BCUT2D eigenvalue weighted by Crippen LogP contribution is 2.34. The standard InChI is InChI=1S/C30H43NO6/c1-6-13-24(32)21-36-28-26(35-20-23-16-11-8-12-17-23)18-25(34-19-22-14-9-7-10-15-22)27(28)31(5)29(33)37-30(2,3)4/h7-12,14-17,24-28,32H,6,13,18-21H2,1-5H3/t24?,25-,26+,27+,28+/m1/s1. The molecule has 1 fully saturated rings. The number of hydrogen-bond donors (Lipinski definition) is 1. The van der Waals surface area contributed by atoms with Crippen LogP contribution < -0.4 is 0 Å². The van der Waals surface area contributed by atoms with Gasteiger partial charge in [-0.1, -0.05) is 74.0 Å². The van der Waals surface area contributed by atoms with Crippen LogP contribution >= 0.6 is 0 Å². The van der Waals surface area contributed by atoms with Gasteiger partial charge in [-0.15, -0.1) is 0 Å². The summed E-state index contributed by atoms with van der Waals surface area (Å²) < 4.78 is 24.8. The Morgan fingerprint density at radius 3 is 2.00 bits per heavy atom. The van der Waals surface area contributed by atoms with Gasteiger partial charge >= 0.3 is 6.09 Å². The molecule has 3 rings (SSSR count). The molecule has 7 heteroatoms. The highest BCUT2D eigenvalue weighted by molar-refractivity contribution is 5.68. The summed E-state index contributed by atoms with van der Waals surface area (Å²) in [6.07, 6.45) is -0.152. The molecule has 1 N–H and O–H groups in total. The van der Waals surface area contributed by atoms with E-state index in [1.807, 2.05) is 88.4 Å². The number of amides is 1. The Labute approximate surface area is 221 Å². The van der Waals surface area contributed by atoms with E-state index < -0.39 is 29.9 Å². The summed E-state index contributed by atoms with van der Waals surface area (Å²) in [5, 5.41) is 10.4. The summed E-state index contributed by atoms with van der Waals surface area (Å²) in [5.41, 5.74) is 1.46. The van der Waals surface area contributed by atoms with Gasteiger partial charge in [-0.05, 0) is 38.3 Å². The molecule has 0 heterocycles. The van der Waals surface area contributed by atoms with E-state index in [0.29, 0.717) is 26.1 Å². The number of benzene rings is 2. The van der Waals surface area contributed by atoms with Crippen molar-refractivity contribution in [3.05, 3.63) is 71.8 Å². The number of hydrogen-bond acceptors (Lipinski definition) is 6. The average molecular weight is 514 g/mol. The second kappa shape index (κ2) is 13.9. The van der Waals surface area contributed by atoms with E-state index in [1.165, 1.54) is 0 Å². The van der Waals surface area contributed by atoms with Gasteiger partial charge in [0.1, 0.15) is 11.7 Å². The molecule has 1 saturated carbocycles. The van der Waals surface area contributed by atoms with Crippen molar-refractivity contribution in [1.29, 1.82) is 0 Å². The first-order chi connectivity index (χ1) is 17.7. The Hall–Kier alpha value is -2.45. The molecule has 2 aromatic rings. The number of aliphatic hydroxyl groups excluding tert-OH is 1. The number of aliphatic hydroxyl groups is 1. The van der Waals surface area contributed by atoms with Crippen LogP contribution in [-0.2, 0) is 32.2 Å². The topological polar surface area (TPSA) is 77.5 Å². The summed E-state index contributed by atoms with van der Waals surface area (Å²) in [7, 11) is 1.72. The van der Waals surface area contributed by atoms with Gasteiger partial charge in [-0.3, -0.25) is 0 Å². The number of rotatable bonds is 12. The second-order valence-corrected chi connectivity index (χ2v) is 10.7. The lowest BCUT2D eigenvalue weighted by atomic mass is 10.1. The summed E-state index contributed by atoms with van der Waals surface area (Å²) in [5.74, 6) is 0. The average Bonchev–Trinajstić information content (AvgIpc) is 3.22. The molecule has 1 unspecified atom stereocenters. The number of nitrogens with zero attached hydrogens (tertiary/aromatic N) is 1. The fraction of sp³-hybridized carbons (Fsp3) is 0.567. The highest BCUT2D eigenvalue weighted by atomic mass is 16.6. The molecule has 0 spiro atoms. The van der Waals surface area contributed by atoms with Gasteiger partial charge < -0.3 is 29.0 Å². The van der Waals surface area contributed by atoms with E-state index in [1.54, 1.807) is 11.9 Å². The minimum Gasteiger partial charge on any atom is -0.444 e. The lowest BCUT2D eigenvalue weighted by Crippen LogP contribution is -2.52. The molecule has 0 saturated heterocycles. The third-order valence-corrected chi connectivity index (χ3v) is 6.39. The van der Waals surface area contributed by atoms with Crippen LogP contribution in [0, 0.1) is 0 Å². The normalized spacial score (nSPS) is 22.5. The molecule has 0 radical (unpaired) electrons. The highest BCUT2D eigenvalue weighted by Gasteiger charge is 2.49. The molecule has 37 heavy (non-hydrogen) atoms. The van der Waals surface area contributed by atoms with Crippen LogP contribution in [0.5, 0.6) is 0 Å². The van der Waals surface area contributed by atoms with Crippen molar-refractivity contribution >= 4 is 6.09 Å². The number of carbonyl (C=O) groups is 1. The smallest absolute Gasteiger partial charge is 0.410 e. The molecule has 7 nitrogen and oxygen atoms in total. The van der Waals surface area contributed by atoms with Crippen LogP contribution in [-0.4, -0.2) is 65.8 Å². The van der Waals surface area contributed by atoms with Crippen LogP contribution in [0.3, 0.4) is 0 Å². The van der Waals surface area contributed by atoms with E-state index in [-0.39, 0.29) is 18.8 Å². The zero-order valence-corrected chi connectivity index (χ0v) is 22.8. The van der Waals surface area contributed by atoms with Crippen LogP contribution in [0.2, 0.25) is 0 Å². The molecule has 204 valence electrons. The Morgan fingerprint density at radius 1 is 0.946 bits per heavy atom. The fourth-order valence-electron chi connectivity index (χ4n) is 4.59. The maximum absolute atomic E-state index is 13.1.